The van der Waals surface area contributed by atoms with E-state index < -0.39 is 0 Å². The molecule has 102 valence electrons. The number of hydrogen-bond donors (Lipinski definition) is 0. The highest BCUT2D eigenvalue weighted by Gasteiger charge is 1.96. The molecule has 0 radical (unpaired) electrons. The van der Waals surface area contributed by atoms with E-state index in [1.807, 2.05) is 38.1 Å². The molecule has 0 aliphatic carbocycles. The van der Waals surface area contributed by atoms with Gasteiger partial charge >= 0.3 is 0 Å². The summed E-state index contributed by atoms with van der Waals surface area (Å²) in [6.45, 7) is 7.73. The smallest absolute Gasteiger partial charge is 0.119 e. The molecule has 0 aromatic heterocycles. The van der Waals surface area contributed by atoms with Crippen LogP contribution in [0.2, 0.25) is 0 Å². The van der Waals surface area contributed by atoms with Gasteiger partial charge in [-0.25, -0.2) is 0 Å². The molecule has 0 saturated carbocycles. The third kappa shape index (κ3) is 6.47. The van der Waals surface area contributed by atoms with Gasteiger partial charge in [0.1, 0.15) is 24.7 Å². The van der Waals surface area contributed by atoms with Crippen molar-refractivity contribution in [3.63, 3.8) is 0 Å². The lowest BCUT2D eigenvalue weighted by molar-refractivity contribution is 0.109. The fourth-order valence-corrected chi connectivity index (χ4v) is 1.36. The van der Waals surface area contributed by atoms with E-state index in [1.165, 1.54) is 0 Å². The summed E-state index contributed by atoms with van der Waals surface area (Å²) >= 11 is 0. The van der Waals surface area contributed by atoms with Crippen LogP contribution < -0.4 is 9.47 Å². The average molecular weight is 254 g/mol. The maximum absolute atomic E-state index is 5.50. The first-order chi connectivity index (χ1) is 8.86. The zero-order chi connectivity index (χ0) is 13.1. The van der Waals surface area contributed by atoms with Gasteiger partial charge in [0.05, 0.1) is 13.2 Å². The molecule has 0 bridgehead atoms. The first kappa shape index (κ1) is 14.8. The second-order valence-corrected chi connectivity index (χ2v) is 3.56. The first-order valence-corrected chi connectivity index (χ1v) is 6.38. The lowest BCUT2D eigenvalue weighted by Crippen LogP contribution is -2.07. The SMILES string of the molecule is CCOCCOc1ccc(OCCOCC)cc1. The molecule has 18 heavy (non-hydrogen) atoms. The molecule has 1 aromatic carbocycles. The van der Waals surface area contributed by atoms with E-state index in [-0.39, 0.29) is 0 Å². The van der Waals surface area contributed by atoms with Crippen molar-refractivity contribution in [3.8, 4) is 11.5 Å². The third-order valence-electron chi connectivity index (χ3n) is 2.22. The van der Waals surface area contributed by atoms with Crippen molar-refractivity contribution in [3.05, 3.63) is 24.3 Å². The Morgan fingerprint density at radius 3 is 1.39 bits per heavy atom. The standard InChI is InChI=1S/C14H22O4/c1-3-15-9-11-17-13-5-7-14(8-6-13)18-12-10-16-4-2/h5-8H,3-4,9-12H2,1-2H3. The Morgan fingerprint density at radius 1 is 0.667 bits per heavy atom. The van der Waals surface area contributed by atoms with E-state index >= 15 is 0 Å². The monoisotopic (exact) mass is 254 g/mol. The van der Waals surface area contributed by atoms with Crippen LogP contribution in [0.1, 0.15) is 13.8 Å². The molecule has 0 heterocycles. The van der Waals surface area contributed by atoms with Crippen molar-refractivity contribution in [1.82, 2.24) is 0 Å². The Bertz CT molecular complexity index is 266. The van der Waals surface area contributed by atoms with Gasteiger partial charge < -0.3 is 18.9 Å². The van der Waals surface area contributed by atoms with Crippen LogP contribution in [0.15, 0.2) is 24.3 Å². The fourth-order valence-electron chi connectivity index (χ4n) is 1.36. The van der Waals surface area contributed by atoms with E-state index in [9.17, 15) is 0 Å². The quantitative estimate of drug-likeness (QED) is 0.601. The Labute approximate surface area is 109 Å². The number of benzene rings is 1. The van der Waals surface area contributed by atoms with Crippen LogP contribution in [0.25, 0.3) is 0 Å². The summed E-state index contributed by atoms with van der Waals surface area (Å²) < 4.78 is 21.4. The van der Waals surface area contributed by atoms with E-state index in [2.05, 4.69) is 0 Å². The zero-order valence-electron chi connectivity index (χ0n) is 11.2. The number of rotatable bonds is 10. The van der Waals surface area contributed by atoms with Crippen LogP contribution in [0.4, 0.5) is 0 Å². The Kier molecular flexibility index (Phi) is 8.01. The molecule has 0 saturated heterocycles. The molecule has 0 spiro atoms. The highest BCUT2D eigenvalue weighted by molar-refractivity contribution is 5.31. The van der Waals surface area contributed by atoms with E-state index in [0.29, 0.717) is 26.4 Å². The van der Waals surface area contributed by atoms with Crippen molar-refractivity contribution in [2.24, 2.45) is 0 Å². The van der Waals surface area contributed by atoms with Crippen molar-refractivity contribution in [1.29, 1.82) is 0 Å². The summed E-state index contributed by atoms with van der Waals surface area (Å²) in [5, 5.41) is 0. The van der Waals surface area contributed by atoms with E-state index in [4.69, 9.17) is 18.9 Å². The molecule has 0 unspecified atom stereocenters. The molecule has 4 heteroatoms. The van der Waals surface area contributed by atoms with Gasteiger partial charge in [-0.3, -0.25) is 0 Å². The Morgan fingerprint density at radius 2 is 1.06 bits per heavy atom. The molecule has 0 atom stereocenters. The van der Waals surface area contributed by atoms with Crippen molar-refractivity contribution >= 4 is 0 Å². The van der Waals surface area contributed by atoms with Gasteiger partial charge in [0, 0.05) is 13.2 Å². The van der Waals surface area contributed by atoms with Crippen LogP contribution in [0, 0.1) is 0 Å². The normalized spacial score (nSPS) is 10.3. The van der Waals surface area contributed by atoms with E-state index in [1.54, 1.807) is 0 Å². The summed E-state index contributed by atoms with van der Waals surface area (Å²) in [6.07, 6.45) is 0. The first-order valence-electron chi connectivity index (χ1n) is 6.38. The van der Waals surface area contributed by atoms with Crippen molar-refractivity contribution < 1.29 is 18.9 Å². The molecule has 0 N–H and O–H groups in total. The molecular weight excluding hydrogens is 232 g/mol. The van der Waals surface area contributed by atoms with Gasteiger partial charge in [0.2, 0.25) is 0 Å². The summed E-state index contributed by atoms with van der Waals surface area (Å²) in [5.41, 5.74) is 0. The van der Waals surface area contributed by atoms with Crippen LogP contribution in [0.5, 0.6) is 11.5 Å². The molecule has 1 rings (SSSR count). The third-order valence-corrected chi connectivity index (χ3v) is 2.22. The summed E-state index contributed by atoms with van der Waals surface area (Å²) in [7, 11) is 0. The molecule has 0 fully saturated rings. The highest BCUT2D eigenvalue weighted by atomic mass is 16.5. The van der Waals surface area contributed by atoms with Crippen LogP contribution in [0.3, 0.4) is 0 Å². The predicted octanol–water partition coefficient (Wildman–Crippen LogP) is 2.52. The van der Waals surface area contributed by atoms with Gasteiger partial charge in [0.25, 0.3) is 0 Å². The fraction of sp³-hybridized carbons (Fsp3) is 0.571. The Hall–Kier alpha value is -1.26. The van der Waals surface area contributed by atoms with Gasteiger partial charge in [-0.05, 0) is 38.1 Å². The topological polar surface area (TPSA) is 36.9 Å². The minimum Gasteiger partial charge on any atom is -0.491 e. The lowest BCUT2D eigenvalue weighted by Gasteiger charge is -2.08. The second kappa shape index (κ2) is 9.74. The van der Waals surface area contributed by atoms with Crippen LogP contribution >= 0.6 is 0 Å². The molecule has 0 aliphatic rings. The molecule has 0 amide bonds. The molecular formula is C14H22O4. The minimum absolute atomic E-state index is 0.568. The lowest BCUT2D eigenvalue weighted by atomic mass is 10.3. The summed E-state index contributed by atoms with van der Waals surface area (Å²) in [5.74, 6) is 1.65. The number of ether oxygens (including phenoxy) is 4. The van der Waals surface area contributed by atoms with Gasteiger partial charge in [-0.2, -0.15) is 0 Å². The zero-order valence-corrected chi connectivity index (χ0v) is 11.2. The average Bonchev–Trinajstić information content (AvgIpc) is 2.41. The largest absolute Gasteiger partial charge is 0.491 e. The van der Waals surface area contributed by atoms with Gasteiger partial charge in [0.15, 0.2) is 0 Å². The van der Waals surface area contributed by atoms with E-state index in [0.717, 1.165) is 24.7 Å². The minimum atomic E-state index is 0.568. The van der Waals surface area contributed by atoms with Crippen molar-refractivity contribution in [2.75, 3.05) is 39.6 Å². The van der Waals surface area contributed by atoms with Crippen LogP contribution in [-0.4, -0.2) is 39.6 Å². The second-order valence-electron chi connectivity index (χ2n) is 3.56. The molecule has 1 aromatic rings. The maximum Gasteiger partial charge on any atom is 0.119 e. The molecule has 4 nitrogen and oxygen atoms in total. The number of hydrogen-bond acceptors (Lipinski definition) is 4. The van der Waals surface area contributed by atoms with Crippen molar-refractivity contribution in [2.45, 2.75) is 13.8 Å². The maximum atomic E-state index is 5.50. The van der Waals surface area contributed by atoms with Gasteiger partial charge in [-0.1, -0.05) is 0 Å². The predicted molar refractivity (Wildman–Crippen MR) is 70.4 cm³/mol. The van der Waals surface area contributed by atoms with Gasteiger partial charge in [-0.15, -0.1) is 0 Å². The summed E-state index contributed by atoms with van der Waals surface area (Å²) in [4.78, 5) is 0. The van der Waals surface area contributed by atoms with Crippen LogP contribution in [-0.2, 0) is 9.47 Å². The Balaban J connectivity index is 2.20. The highest BCUT2D eigenvalue weighted by Crippen LogP contribution is 2.17. The summed E-state index contributed by atoms with van der Waals surface area (Å²) in [6, 6.07) is 7.56. The molecule has 0 aliphatic heterocycles.